The van der Waals surface area contributed by atoms with Gasteiger partial charge >= 0.3 is 0 Å². The number of nitrogens with zero attached hydrogens (tertiary/aromatic N) is 2. The van der Waals surface area contributed by atoms with Crippen molar-refractivity contribution in [2.75, 3.05) is 23.9 Å². The molecule has 2 nitrogen and oxygen atoms in total. The molecule has 0 aliphatic carbocycles. The van der Waals surface area contributed by atoms with Crippen molar-refractivity contribution in [3.63, 3.8) is 0 Å². The maximum Gasteiger partial charge on any atom is 0.0414 e. The van der Waals surface area contributed by atoms with Crippen LogP contribution in [0.1, 0.15) is 0 Å². The van der Waals surface area contributed by atoms with Crippen LogP contribution in [0.25, 0.3) is 86.2 Å². The molecule has 11 rings (SSSR count). The fourth-order valence-electron chi connectivity index (χ4n) is 8.86. The molecule has 0 aliphatic rings. The molecule has 2 heteroatoms. The molecule has 11 aromatic carbocycles. The maximum absolute atomic E-state index is 2.46. The first-order valence-electron chi connectivity index (χ1n) is 18.7. The number of hydrogen-bond acceptors (Lipinski definition) is 2. The molecule has 0 unspecified atom stereocenters. The second kappa shape index (κ2) is 11.8. The average molecular weight is 689 g/mol. The van der Waals surface area contributed by atoms with Crippen molar-refractivity contribution in [1.29, 1.82) is 0 Å². The highest BCUT2D eigenvalue weighted by Crippen LogP contribution is 2.44. The van der Waals surface area contributed by atoms with Gasteiger partial charge in [0.2, 0.25) is 0 Å². The lowest BCUT2D eigenvalue weighted by atomic mass is 9.88. The first-order valence-corrected chi connectivity index (χ1v) is 18.7. The van der Waals surface area contributed by atoms with Crippen LogP contribution in [-0.4, -0.2) is 14.1 Å². The van der Waals surface area contributed by atoms with Crippen LogP contribution >= 0.6 is 0 Å². The Balaban J connectivity index is 1.12. The van der Waals surface area contributed by atoms with Crippen LogP contribution in [0.2, 0.25) is 0 Å². The lowest BCUT2D eigenvalue weighted by molar-refractivity contribution is 1.22. The molecule has 0 heterocycles. The molecule has 54 heavy (non-hydrogen) atoms. The number of hydrogen-bond donors (Lipinski definition) is 0. The molecule has 0 N–H and O–H groups in total. The van der Waals surface area contributed by atoms with E-state index in [0.717, 1.165) is 0 Å². The lowest BCUT2D eigenvalue weighted by Crippen LogP contribution is -2.09. The van der Waals surface area contributed by atoms with Crippen molar-refractivity contribution < 1.29 is 0 Å². The number of benzene rings is 11. The van der Waals surface area contributed by atoms with Crippen LogP contribution in [0.3, 0.4) is 0 Å². The third-order valence-electron chi connectivity index (χ3n) is 11.8. The first kappa shape index (κ1) is 30.7. The Morgan fingerprint density at radius 3 is 0.889 bits per heavy atom. The van der Waals surface area contributed by atoms with Gasteiger partial charge in [0.05, 0.1) is 0 Å². The maximum atomic E-state index is 2.46. The Labute approximate surface area is 313 Å². The van der Waals surface area contributed by atoms with Crippen molar-refractivity contribution >= 4 is 109 Å². The number of anilines is 4. The van der Waals surface area contributed by atoms with Crippen molar-refractivity contribution in [2.24, 2.45) is 0 Å². The molecule has 0 radical (unpaired) electrons. The van der Waals surface area contributed by atoms with Crippen LogP contribution in [0, 0.1) is 0 Å². The monoisotopic (exact) mass is 688 g/mol. The summed E-state index contributed by atoms with van der Waals surface area (Å²) in [6.45, 7) is 0. The van der Waals surface area contributed by atoms with E-state index in [1.54, 1.807) is 0 Å². The summed E-state index contributed by atoms with van der Waals surface area (Å²) in [5, 5.41) is 20.4. The van der Waals surface area contributed by atoms with Crippen LogP contribution in [0.5, 0.6) is 0 Å². The highest BCUT2D eigenvalue weighted by atomic mass is 15.1. The first-order chi connectivity index (χ1) is 26.6. The molecule has 0 saturated carbocycles. The predicted molar refractivity (Wildman–Crippen MR) is 235 cm³/mol. The van der Waals surface area contributed by atoms with Gasteiger partial charge in [-0.15, -0.1) is 0 Å². The fraction of sp³-hybridized carbons (Fsp3) is 0.0385. The van der Waals surface area contributed by atoms with Crippen LogP contribution < -0.4 is 9.80 Å². The number of rotatable bonds is 4. The third-order valence-corrected chi connectivity index (χ3v) is 11.8. The Morgan fingerprint density at radius 2 is 0.500 bits per heavy atom. The Morgan fingerprint density at radius 1 is 0.222 bits per heavy atom. The zero-order valence-electron chi connectivity index (χ0n) is 30.2. The standard InChI is InChI=1S/C52H36N2/c1-53(37-21-19-33-11-3-5-13-35(33)27-37)39-23-25-45-47(29-39)41-15-7-9-17-43(41)49-32-52-46-26-24-40(54(2)38-22-20-34-12-4-6-14-36(34)28-38)30-48(46)42-16-8-10-18-44(42)50(52)31-51(45)49/h3-32H,1-2H3. The summed E-state index contributed by atoms with van der Waals surface area (Å²) >= 11 is 0. The van der Waals surface area contributed by atoms with Crippen molar-refractivity contribution in [3.8, 4) is 0 Å². The van der Waals surface area contributed by atoms with Gasteiger partial charge in [0, 0.05) is 36.8 Å². The highest BCUT2D eigenvalue weighted by molar-refractivity contribution is 6.33. The highest BCUT2D eigenvalue weighted by Gasteiger charge is 2.17. The molecule has 0 aromatic heterocycles. The van der Waals surface area contributed by atoms with E-state index < -0.39 is 0 Å². The summed E-state index contributed by atoms with van der Waals surface area (Å²) in [5.74, 6) is 0. The average Bonchev–Trinajstić information content (AvgIpc) is 3.24. The van der Waals surface area contributed by atoms with E-state index in [1.165, 1.54) is 109 Å². The summed E-state index contributed by atoms with van der Waals surface area (Å²) < 4.78 is 0. The molecular formula is C52H36N2. The molecule has 11 aromatic rings. The van der Waals surface area contributed by atoms with Crippen LogP contribution in [-0.2, 0) is 0 Å². The van der Waals surface area contributed by atoms with Crippen LogP contribution in [0.15, 0.2) is 182 Å². The fourth-order valence-corrected chi connectivity index (χ4v) is 8.86. The van der Waals surface area contributed by atoms with Crippen LogP contribution in [0.4, 0.5) is 22.7 Å². The van der Waals surface area contributed by atoms with Gasteiger partial charge in [-0.2, -0.15) is 0 Å². The van der Waals surface area contributed by atoms with Crippen molar-refractivity contribution in [3.05, 3.63) is 182 Å². The molecule has 0 spiro atoms. The van der Waals surface area contributed by atoms with E-state index in [1.807, 2.05) is 0 Å². The molecule has 0 aliphatic heterocycles. The molecular weight excluding hydrogens is 653 g/mol. The summed E-state index contributed by atoms with van der Waals surface area (Å²) in [5.41, 5.74) is 4.69. The molecule has 0 atom stereocenters. The summed E-state index contributed by atoms with van der Waals surface area (Å²) in [6, 6.07) is 67.3. The SMILES string of the molecule is CN(c1ccc2ccccc2c1)c1ccc2c(c1)c1ccccc1c1cc3c4ccc(N(C)c5ccc6ccccc6c5)cc4c4ccccc4c3cc21. The molecule has 0 fully saturated rings. The van der Waals surface area contributed by atoms with E-state index in [-0.39, 0.29) is 0 Å². The molecule has 0 amide bonds. The van der Waals surface area contributed by atoms with E-state index >= 15 is 0 Å². The van der Waals surface area contributed by atoms with Gasteiger partial charge in [-0.1, -0.05) is 121 Å². The summed E-state index contributed by atoms with van der Waals surface area (Å²) in [6.07, 6.45) is 0. The van der Waals surface area contributed by atoms with Gasteiger partial charge < -0.3 is 9.80 Å². The van der Waals surface area contributed by atoms with Gasteiger partial charge in [0.15, 0.2) is 0 Å². The third kappa shape index (κ3) is 4.67. The van der Waals surface area contributed by atoms with Gasteiger partial charge in [-0.3, -0.25) is 0 Å². The van der Waals surface area contributed by atoms with E-state index in [2.05, 4.69) is 206 Å². The summed E-state index contributed by atoms with van der Waals surface area (Å²) in [7, 11) is 4.34. The lowest BCUT2D eigenvalue weighted by Gasteiger charge is -2.22. The topological polar surface area (TPSA) is 6.48 Å². The van der Waals surface area contributed by atoms with Gasteiger partial charge in [-0.05, 0) is 147 Å². The van der Waals surface area contributed by atoms with Crippen molar-refractivity contribution in [2.45, 2.75) is 0 Å². The van der Waals surface area contributed by atoms with E-state index in [4.69, 9.17) is 0 Å². The minimum Gasteiger partial charge on any atom is -0.345 e. The quantitative estimate of drug-likeness (QED) is 0.134. The van der Waals surface area contributed by atoms with Gasteiger partial charge in [-0.25, -0.2) is 0 Å². The second-order valence-corrected chi connectivity index (χ2v) is 14.7. The second-order valence-electron chi connectivity index (χ2n) is 14.7. The minimum absolute atomic E-state index is 1.17. The van der Waals surface area contributed by atoms with Gasteiger partial charge in [0.1, 0.15) is 0 Å². The zero-order valence-corrected chi connectivity index (χ0v) is 30.2. The smallest absolute Gasteiger partial charge is 0.0414 e. The Hall–Kier alpha value is -6.90. The molecule has 0 bridgehead atoms. The Kier molecular flexibility index (Phi) is 6.72. The Bertz CT molecular complexity index is 3100. The zero-order chi connectivity index (χ0) is 35.9. The largest absolute Gasteiger partial charge is 0.345 e. The molecule has 254 valence electrons. The van der Waals surface area contributed by atoms with Crippen molar-refractivity contribution in [1.82, 2.24) is 0 Å². The van der Waals surface area contributed by atoms with Gasteiger partial charge in [0.25, 0.3) is 0 Å². The summed E-state index contributed by atoms with van der Waals surface area (Å²) in [4.78, 5) is 4.60. The minimum atomic E-state index is 1.17. The number of fused-ring (bicyclic) bond motifs is 14. The normalized spacial score (nSPS) is 11.9. The van der Waals surface area contributed by atoms with E-state index in [9.17, 15) is 0 Å². The van der Waals surface area contributed by atoms with E-state index in [0.29, 0.717) is 0 Å². The predicted octanol–water partition coefficient (Wildman–Crippen LogP) is 14.4. The molecule has 0 saturated heterocycles.